The van der Waals surface area contributed by atoms with Gasteiger partial charge in [0.1, 0.15) is 0 Å². The van der Waals surface area contributed by atoms with Crippen molar-refractivity contribution in [2.24, 2.45) is 5.92 Å². The molecule has 0 bridgehead atoms. The molecule has 0 aliphatic carbocycles. The summed E-state index contributed by atoms with van der Waals surface area (Å²) in [5.41, 5.74) is 6.60. The second kappa shape index (κ2) is 6.47. The van der Waals surface area contributed by atoms with Crippen molar-refractivity contribution in [3.63, 3.8) is 0 Å². The summed E-state index contributed by atoms with van der Waals surface area (Å²) in [7, 11) is 0. The molecule has 1 aromatic carbocycles. The van der Waals surface area contributed by atoms with Crippen LogP contribution in [0.2, 0.25) is 0 Å². The number of aliphatic hydroxyl groups is 1. The lowest BCUT2D eigenvalue weighted by Crippen LogP contribution is -2.25. The van der Waals surface area contributed by atoms with Crippen molar-refractivity contribution in [1.29, 1.82) is 0 Å². The van der Waals surface area contributed by atoms with Crippen LogP contribution in [0, 0.1) is 5.92 Å². The normalized spacial score (nSPS) is 14.1. The van der Waals surface area contributed by atoms with Gasteiger partial charge < -0.3 is 25.6 Å². The first-order valence-corrected chi connectivity index (χ1v) is 6.70. The first kappa shape index (κ1) is 14.5. The fourth-order valence-electron chi connectivity index (χ4n) is 1.99. The van der Waals surface area contributed by atoms with Crippen LogP contribution >= 0.6 is 0 Å². The molecule has 1 unspecified atom stereocenters. The minimum absolute atomic E-state index is 0.152. The van der Waals surface area contributed by atoms with Crippen LogP contribution in [-0.2, 0) is 0 Å². The van der Waals surface area contributed by atoms with E-state index in [-0.39, 0.29) is 25.2 Å². The maximum Gasteiger partial charge on any atom is 0.253 e. The Hall–Kier alpha value is -1.95. The number of hydrogen-bond acceptors (Lipinski definition) is 5. The van der Waals surface area contributed by atoms with Gasteiger partial charge in [0.25, 0.3) is 5.91 Å². The third-order valence-corrected chi connectivity index (χ3v) is 3.26. The molecular weight excluding hydrogens is 260 g/mol. The van der Waals surface area contributed by atoms with Gasteiger partial charge in [-0.25, -0.2) is 0 Å². The maximum atomic E-state index is 12.0. The zero-order valence-corrected chi connectivity index (χ0v) is 11.5. The average molecular weight is 280 g/mol. The molecule has 0 aromatic heterocycles. The second-order valence-electron chi connectivity index (χ2n) is 4.98. The molecule has 6 nitrogen and oxygen atoms in total. The zero-order valence-electron chi connectivity index (χ0n) is 11.5. The molecule has 6 heteroatoms. The number of amides is 1. The predicted octanol–water partition coefficient (Wildman–Crippen LogP) is 1.14. The minimum Gasteiger partial charge on any atom is -0.454 e. The van der Waals surface area contributed by atoms with Crippen molar-refractivity contribution < 1.29 is 19.4 Å². The molecule has 110 valence electrons. The maximum absolute atomic E-state index is 12.0. The van der Waals surface area contributed by atoms with Crippen molar-refractivity contribution in [3.8, 4) is 11.5 Å². The van der Waals surface area contributed by atoms with Crippen LogP contribution in [0.25, 0.3) is 0 Å². The van der Waals surface area contributed by atoms with Crippen LogP contribution in [-0.4, -0.2) is 31.0 Å². The lowest BCUT2D eigenvalue weighted by molar-refractivity contribution is 0.0952. The molecular formula is C14H20N2O4. The number of benzene rings is 1. The summed E-state index contributed by atoms with van der Waals surface area (Å²) in [6.07, 6.45) is 1.69. The number of rotatable bonds is 6. The molecule has 0 saturated carbocycles. The Morgan fingerprint density at radius 2 is 2.15 bits per heavy atom. The molecule has 1 heterocycles. The van der Waals surface area contributed by atoms with Gasteiger partial charge >= 0.3 is 0 Å². The number of aliphatic hydroxyl groups excluding tert-OH is 1. The van der Waals surface area contributed by atoms with E-state index < -0.39 is 0 Å². The van der Waals surface area contributed by atoms with Gasteiger partial charge in [-0.15, -0.1) is 0 Å². The molecule has 1 aliphatic rings. The quantitative estimate of drug-likeness (QED) is 0.536. The number of hydrogen-bond donors (Lipinski definition) is 3. The third-order valence-electron chi connectivity index (χ3n) is 3.26. The second-order valence-corrected chi connectivity index (χ2v) is 4.98. The SMILES string of the molecule is CC(CO)CCCNC(=O)c1cc2c(cc1N)OCO2. The number of anilines is 1. The van der Waals surface area contributed by atoms with Crippen LogP contribution in [0.3, 0.4) is 0 Å². The lowest BCUT2D eigenvalue weighted by Gasteiger charge is -2.10. The average Bonchev–Trinajstić information content (AvgIpc) is 2.89. The van der Waals surface area contributed by atoms with Gasteiger partial charge in [-0.3, -0.25) is 4.79 Å². The van der Waals surface area contributed by atoms with E-state index in [1.807, 2.05) is 6.92 Å². The summed E-state index contributed by atoms with van der Waals surface area (Å²) < 4.78 is 10.4. The lowest BCUT2D eigenvalue weighted by atomic mass is 10.1. The summed E-state index contributed by atoms with van der Waals surface area (Å²) in [5.74, 6) is 1.13. The highest BCUT2D eigenvalue weighted by molar-refractivity contribution is 6.00. The third kappa shape index (κ3) is 3.33. The van der Waals surface area contributed by atoms with Gasteiger partial charge in [-0.1, -0.05) is 6.92 Å². The molecule has 0 saturated heterocycles. The van der Waals surface area contributed by atoms with Gasteiger partial charge in [-0.2, -0.15) is 0 Å². The standard InChI is InChI=1S/C14H20N2O4/c1-9(7-17)3-2-4-16-14(18)10-5-12-13(6-11(10)15)20-8-19-12/h5-6,9,17H,2-4,7-8,15H2,1H3,(H,16,18). The van der Waals surface area contributed by atoms with E-state index in [2.05, 4.69) is 5.32 Å². The zero-order chi connectivity index (χ0) is 14.5. The van der Waals surface area contributed by atoms with Crippen LogP contribution in [0.1, 0.15) is 30.1 Å². The van der Waals surface area contributed by atoms with Crippen molar-refractivity contribution in [1.82, 2.24) is 5.32 Å². The Bertz CT molecular complexity index is 490. The summed E-state index contributed by atoms with van der Waals surface area (Å²) >= 11 is 0. The first-order chi connectivity index (χ1) is 9.61. The van der Waals surface area contributed by atoms with E-state index in [1.54, 1.807) is 12.1 Å². The van der Waals surface area contributed by atoms with Gasteiger partial charge in [0, 0.05) is 24.9 Å². The van der Waals surface area contributed by atoms with Crippen molar-refractivity contribution >= 4 is 11.6 Å². The van der Waals surface area contributed by atoms with E-state index >= 15 is 0 Å². The highest BCUT2D eigenvalue weighted by Gasteiger charge is 2.19. The molecule has 1 atom stereocenters. The molecule has 1 aromatic rings. The number of carbonyl (C=O) groups is 1. The van der Waals surface area contributed by atoms with E-state index in [0.717, 1.165) is 12.8 Å². The summed E-state index contributed by atoms with van der Waals surface area (Å²) in [4.78, 5) is 12.0. The van der Waals surface area contributed by atoms with E-state index in [1.165, 1.54) is 0 Å². The molecule has 4 N–H and O–H groups in total. The fraction of sp³-hybridized carbons (Fsp3) is 0.500. The molecule has 0 radical (unpaired) electrons. The van der Waals surface area contributed by atoms with E-state index in [4.69, 9.17) is 20.3 Å². The fourth-order valence-corrected chi connectivity index (χ4v) is 1.99. The van der Waals surface area contributed by atoms with Crippen LogP contribution in [0.4, 0.5) is 5.69 Å². The molecule has 0 spiro atoms. The number of fused-ring (bicyclic) bond motifs is 1. The first-order valence-electron chi connectivity index (χ1n) is 6.70. The van der Waals surface area contributed by atoms with Crippen molar-refractivity contribution in [2.75, 3.05) is 25.7 Å². The number of nitrogens with one attached hydrogen (secondary N) is 1. The highest BCUT2D eigenvalue weighted by atomic mass is 16.7. The Morgan fingerprint density at radius 1 is 1.45 bits per heavy atom. The smallest absolute Gasteiger partial charge is 0.253 e. The molecule has 1 amide bonds. The van der Waals surface area contributed by atoms with Crippen LogP contribution < -0.4 is 20.5 Å². The number of nitrogen functional groups attached to an aromatic ring is 1. The molecule has 1 aliphatic heterocycles. The van der Waals surface area contributed by atoms with Gasteiger partial charge in [-0.05, 0) is 24.8 Å². The van der Waals surface area contributed by atoms with Crippen molar-refractivity contribution in [3.05, 3.63) is 17.7 Å². The van der Waals surface area contributed by atoms with Crippen molar-refractivity contribution in [2.45, 2.75) is 19.8 Å². The van der Waals surface area contributed by atoms with Gasteiger partial charge in [0.05, 0.1) is 5.56 Å². The number of nitrogens with two attached hydrogens (primary N) is 1. The molecule has 2 rings (SSSR count). The van der Waals surface area contributed by atoms with Crippen LogP contribution in [0.5, 0.6) is 11.5 Å². The Balaban J connectivity index is 1.90. The van der Waals surface area contributed by atoms with E-state index in [0.29, 0.717) is 29.3 Å². The van der Waals surface area contributed by atoms with Gasteiger partial charge in [0.2, 0.25) is 6.79 Å². The summed E-state index contributed by atoms with van der Waals surface area (Å²) in [6.45, 7) is 2.84. The number of ether oxygens (including phenoxy) is 2. The van der Waals surface area contributed by atoms with E-state index in [9.17, 15) is 4.79 Å². The Kier molecular flexibility index (Phi) is 4.68. The summed E-state index contributed by atoms with van der Waals surface area (Å²) in [6, 6.07) is 3.20. The molecule has 20 heavy (non-hydrogen) atoms. The highest BCUT2D eigenvalue weighted by Crippen LogP contribution is 2.35. The topological polar surface area (TPSA) is 93.8 Å². The van der Waals surface area contributed by atoms with Crippen LogP contribution in [0.15, 0.2) is 12.1 Å². The largest absolute Gasteiger partial charge is 0.454 e. The number of carbonyl (C=O) groups excluding carboxylic acids is 1. The Labute approximate surface area is 117 Å². The monoisotopic (exact) mass is 280 g/mol. The summed E-state index contributed by atoms with van der Waals surface area (Å²) in [5, 5.41) is 11.7. The van der Waals surface area contributed by atoms with Gasteiger partial charge in [0.15, 0.2) is 11.5 Å². The Morgan fingerprint density at radius 3 is 2.85 bits per heavy atom. The molecule has 0 fully saturated rings. The predicted molar refractivity (Wildman–Crippen MR) is 74.8 cm³/mol. The minimum atomic E-state index is -0.225.